The number of hydrogen-bond donors (Lipinski definition) is 2. The highest BCUT2D eigenvalue weighted by molar-refractivity contribution is 6.41. The molecule has 0 saturated carbocycles. The number of carbonyl (C=O) groups excluding carboxylic acids is 4. The van der Waals surface area contributed by atoms with Gasteiger partial charge in [-0.3, -0.25) is 24.5 Å². The van der Waals surface area contributed by atoms with Gasteiger partial charge in [-0.25, -0.2) is 0 Å². The van der Waals surface area contributed by atoms with E-state index in [1.165, 1.54) is 17.0 Å². The minimum atomic E-state index is -3.79. The van der Waals surface area contributed by atoms with Crippen LogP contribution in [0.5, 0.6) is 0 Å². The van der Waals surface area contributed by atoms with Crippen LogP contribution in [0, 0.1) is 0 Å². The molecule has 2 aromatic rings. The molecule has 2 atom stereocenters. The summed E-state index contributed by atoms with van der Waals surface area (Å²) in [4.78, 5) is 51.8. The monoisotopic (exact) mass is 509 g/mol. The lowest BCUT2D eigenvalue weighted by Gasteiger charge is -2.42. The number of rotatable bonds is 5. The van der Waals surface area contributed by atoms with E-state index in [1.54, 1.807) is 49.6 Å². The number of alkyl halides is 2. The van der Waals surface area contributed by atoms with Crippen LogP contribution in [0.15, 0.2) is 42.5 Å². The van der Waals surface area contributed by atoms with Gasteiger partial charge < -0.3 is 10.2 Å². The smallest absolute Gasteiger partial charge is 0.349 e. The van der Waals surface area contributed by atoms with Gasteiger partial charge in [-0.1, -0.05) is 35.9 Å². The molecule has 182 valence electrons. The van der Waals surface area contributed by atoms with Crippen molar-refractivity contribution >= 4 is 66.6 Å². The first-order valence-corrected chi connectivity index (χ1v) is 11.8. The van der Waals surface area contributed by atoms with Gasteiger partial charge in [0.1, 0.15) is 31.4 Å². The molecule has 0 spiro atoms. The number of nitrogens with one attached hydrogen (secondary N) is 2. The Morgan fingerprint density at radius 1 is 1.11 bits per heavy atom. The van der Waals surface area contributed by atoms with Crippen molar-refractivity contribution in [2.45, 2.75) is 35.5 Å². The van der Waals surface area contributed by atoms with Gasteiger partial charge in [-0.15, -0.1) is 0 Å². The normalized spacial score (nSPS) is 22.2. The molecule has 2 unspecified atom stereocenters. The van der Waals surface area contributed by atoms with Gasteiger partial charge in [0.25, 0.3) is 11.8 Å². The fourth-order valence-corrected chi connectivity index (χ4v) is 4.84. The maximum absolute atomic E-state index is 14.8. The Morgan fingerprint density at radius 3 is 2.36 bits per heavy atom. The highest BCUT2D eigenvalue weighted by Gasteiger charge is 2.50. The van der Waals surface area contributed by atoms with E-state index >= 15 is 0 Å². The van der Waals surface area contributed by atoms with Gasteiger partial charge in [0.2, 0.25) is 11.8 Å². The Balaban J connectivity index is 1.57. The van der Waals surface area contributed by atoms with Crippen molar-refractivity contribution in [1.29, 1.82) is 0 Å². The molecule has 1 saturated heterocycles. The van der Waals surface area contributed by atoms with Crippen LogP contribution in [-0.2, 0) is 32.2 Å². The lowest BCUT2D eigenvalue weighted by atomic mass is 9.57. The molecule has 2 N–H and O–H groups in total. The summed E-state index contributed by atoms with van der Waals surface area (Å²) >= 11 is 5.76. The highest BCUT2D eigenvalue weighted by Crippen LogP contribution is 2.36. The van der Waals surface area contributed by atoms with E-state index in [0.717, 1.165) is 12.1 Å². The third-order valence-electron chi connectivity index (χ3n) is 7.02. The maximum atomic E-state index is 14.8. The third-order valence-corrected chi connectivity index (χ3v) is 7.27. The average molecular weight is 509 g/mol. The molecule has 0 aliphatic carbocycles. The van der Waals surface area contributed by atoms with Crippen LogP contribution in [0.1, 0.15) is 33.5 Å². The Hall–Kier alpha value is -3.07. The number of nitrogens with zero attached hydrogens (tertiary/aromatic N) is 1. The molecule has 14 heteroatoms. The van der Waals surface area contributed by atoms with Crippen LogP contribution in [0.2, 0.25) is 10.8 Å². The van der Waals surface area contributed by atoms with Crippen LogP contribution < -0.4 is 10.6 Å². The van der Waals surface area contributed by atoms with Gasteiger partial charge in [-0.05, 0) is 35.7 Å². The summed E-state index contributed by atoms with van der Waals surface area (Å²) < 4.78 is 29.7. The molecular weight excluding hydrogens is 487 g/mol. The second-order valence-corrected chi connectivity index (χ2v) is 10.6. The summed E-state index contributed by atoms with van der Waals surface area (Å²) in [5.74, 6) is -6.98. The van der Waals surface area contributed by atoms with Gasteiger partial charge in [0, 0.05) is 33.8 Å². The number of amides is 4. The summed E-state index contributed by atoms with van der Waals surface area (Å²) in [5, 5.41) is 3.81. The number of fused-ring (bicyclic) bond motifs is 1. The van der Waals surface area contributed by atoms with E-state index in [0.29, 0.717) is 16.7 Å². The van der Waals surface area contributed by atoms with Crippen LogP contribution in [-0.4, -0.2) is 65.4 Å². The Kier molecular flexibility index (Phi) is 6.35. The number of carbonyl (C=O) groups is 4. The number of piperidine rings is 1. The number of hydrogen-bond acceptors (Lipinski definition) is 4. The Labute approximate surface area is 215 Å². The van der Waals surface area contributed by atoms with E-state index < -0.39 is 39.9 Å². The Bertz CT molecular complexity index is 1290. The first-order valence-electron chi connectivity index (χ1n) is 11.4. The average Bonchev–Trinajstić information content (AvgIpc) is 3.14. The molecule has 0 bridgehead atoms. The molecule has 2 heterocycles. The first kappa shape index (κ1) is 26.0. The lowest BCUT2D eigenvalue weighted by molar-refractivity contribution is -0.147. The van der Waals surface area contributed by atoms with E-state index in [2.05, 4.69) is 10.6 Å². The molecule has 4 rings (SSSR count). The second kappa shape index (κ2) is 8.80. The van der Waals surface area contributed by atoms with Crippen LogP contribution >= 0.6 is 11.6 Å². The summed E-state index contributed by atoms with van der Waals surface area (Å²) in [6.45, 7) is 0.109. The molecule has 0 aromatic heterocycles. The lowest BCUT2D eigenvalue weighted by Crippen LogP contribution is -2.64. The van der Waals surface area contributed by atoms with E-state index in [4.69, 9.17) is 11.6 Å². The molecule has 4 amide bonds. The Morgan fingerprint density at radius 2 is 1.72 bits per heavy atom. The zero-order valence-electron chi connectivity index (χ0n) is 20.2. The van der Waals surface area contributed by atoms with Crippen LogP contribution in [0.25, 0.3) is 0 Å². The first-order chi connectivity index (χ1) is 16.7. The van der Waals surface area contributed by atoms with Crippen molar-refractivity contribution in [3.05, 3.63) is 69.7 Å². The van der Waals surface area contributed by atoms with Crippen molar-refractivity contribution < 1.29 is 28.0 Å². The number of halogens is 3. The van der Waals surface area contributed by atoms with E-state index in [1.807, 2.05) is 0 Å². The van der Waals surface area contributed by atoms with Gasteiger partial charge >= 0.3 is 5.92 Å². The van der Waals surface area contributed by atoms with Crippen LogP contribution in [0.4, 0.5) is 8.78 Å². The van der Waals surface area contributed by atoms with Crippen molar-refractivity contribution in [3.63, 3.8) is 0 Å². The summed E-state index contributed by atoms with van der Waals surface area (Å²) in [5.41, 5.74) is -0.206. The minimum Gasteiger partial charge on any atom is -0.357 e. The zero-order chi connectivity index (χ0) is 26.6. The predicted octanol–water partition coefficient (Wildman–Crippen LogP) is -1.62. The second-order valence-electron chi connectivity index (χ2n) is 10.1. The van der Waals surface area contributed by atoms with Crippen molar-refractivity contribution in [2.75, 3.05) is 0 Å². The summed E-state index contributed by atoms with van der Waals surface area (Å²) in [7, 11) is 6.49. The van der Waals surface area contributed by atoms with Gasteiger partial charge in [0.05, 0.1) is 5.44 Å². The standard InChI is InChI=1S/C22H22B4ClF2N3O4/c23-15-8-20(24,18(35)30-16(15)33)32-9-10-7-12(3-6-14(10)17(32)34)22(25,26)31-19(36)21(28,29)11-1-4-13(27)5-2-11/h1-7,15H,8-9,23-26H2,(H,31,36)(H,30,33,35). The van der Waals surface area contributed by atoms with Crippen molar-refractivity contribution in [2.24, 2.45) is 0 Å². The quantitative estimate of drug-likeness (QED) is 0.375. The molecule has 1 fully saturated rings. The summed E-state index contributed by atoms with van der Waals surface area (Å²) in [6.07, 6.45) is 0.186. The molecule has 36 heavy (non-hydrogen) atoms. The van der Waals surface area contributed by atoms with Crippen LogP contribution in [0.3, 0.4) is 0 Å². The van der Waals surface area contributed by atoms with Crippen molar-refractivity contribution in [3.8, 4) is 0 Å². The topological polar surface area (TPSA) is 95.6 Å². The van der Waals surface area contributed by atoms with Gasteiger partial charge in [0.15, 0.2) is 0 Å². The molecule has 0 radical (unpaired) electrons. The van der Waals surface area contributed by atoms with E-state index in [-0.39, 0.29) is 29.8 Å². The largest absolute Gasteiger partial charge is 0.357 e. The molecule has 2 aliphatic rings. The summed E-state index contributed by atoms with van der Waals surface area (Å²) in [6, 6.07) is 9.61. The molecule has 7 nitrogen and oxygen atoms in total. The molecule has 2 aliphatic heterocycles. The minimum absolute atomic E-state index is 0.109. The van der Waals surface area contributed by atoms with Crippen molar-refractivity contribution in [1.82, 2.24) is 15.5 Å². The number of benzene rings is 2. The SMILES string of the molecule is BC1CC(B)(N2Cc3cc(C(B)(B)NC(=O)C(F)(F)c4ccc(Cl)cc4)ccc3C2=O)C(=O)NC1=O. The highest BCUT2D eigenvalue weighted by atomic mass is 35.5. The predicted molar refractivity (Wildman–Crippen MR) is 140 cm³/mol. The fraction of sp³-hybridized carbons (Fsp3) is 0.273. The van der Waals surface area contributed by atoms with Gasteiger partial charge in [-0.2, -0.15) is 8.78 Å². The molecule has 2 aromatic carbocycles. The van der Waals surface area contributed by atoms with E-state index in [9.17, 15) is 28.0 Å². The number of imide groups is 1. The fourth-order valence-electron chi connectivity index (χ4n) is 4.72. The zero-order valence-corrected chi connectivity index (χ0v) is 21.0. The third kappa shape index (κ3) is 4.34. The molecular formula is C22H22B4ClF2N3O4. The maximum Gasteiger partial charge on any atom is 0.349 e.